The molecule has 0 spiro atoms. The molecule has 5 heteroatoms. The van der Waals surface area contributed by atoms with Crippen molar-refractivity contribution in [1.82, 2.24) is 4.90 Å². The van der Waals surface area contributed by atoms with Crippen molar-refractivity contribution in [1.29, 1.82) is 0 Å². The molecule has 0 bridgehead atoms. The Labute approximate surface area is 176 Å². The van der Waals surface area contributed by atoms with Gasteiger partial charge in [0.1, 0.15) is 0 Å². The molecule has 4 nitrogen and oxygen atoms in total. The van der Waals surface area contributed by atoms with Gasteiger partial charge in [-0.3, -0.25) is 4.90 Å². The van der Waals surface area contributed by atoms with Crippen molar-refractivity contribution in [2.24, 2.45) is 5.41 Å². The van der Waals surface area contributed by atoms with Crippen LogP contribution in [0.25, 0.3) is 0 Å². The number of aliphatic hydroxyl groups is 1. The molecule has 0 aliphatic heterocycles. The summed E-state index contributed by atoms with van der Waals surface area (Å²) < 4.78 is 0.959. The zero-order valence-electron chi connectivity index (χ0n) is 17.0. The zero-order valence-corrected chi connectivity index (χ0v) is 18.6. The first kappa shape index (κ1) is 22.4. The average molecular weight is 448 g/mol. The Kier molecular flexibility index (Phi) is 7.29. The van der Waals surface area contributed by atoms with Crippen LogP contribution in [0.4, 0.5) is 4.79 Å². The van der Waals surface area contributed by atoms with Crippen LogP contribution in [-0.4, -0.2) is 27.8 Å². The van der Waals surface area contributed by atoms with Gasteiger partial charge in [0.05, 0.1) is 11.6 Å². The maximum Gasteiger partial charge on any atom is 0.408 e. The van der Waals surface area contributed by atoms with Gasteiger partial charge in [-0.2, -0.15) is 0 Å². The fourth-order valence-electron chi connectivity index (χ4n) is 3.56. The molecule has 0 fully saturated rings. The Morgan fingerprint density at radius 2 is 1.61 bits per heavy atom. The standard InChI is InChI=1S/C23H30BrNO3/c1-22(2,3)23(4,18-12-14-19(24)15-13-18)25(21(27)28)16-8-11-20(26)17-9-6-5-7-10-17/h5-7,9-10,12-15,20,26H,8,11,16H2,1-4H3,(H,27,28). The van der Waals surface area contributed by atoms with E-state index in [1.807, 2.05) is 61.5 Å². The first-order chi connectivity index (χ1) is 13.1. The molecule has 0 saturated heterocycles. The molecule has 2 N–H and O–H groups in total. The highest BCUT2D eigenvalue weighted by Gasteiger charge is 2.46. The second-order valence-corrected chi connectivity index (χ2v) is 9.25. The van der Waals surface area contributed by atoms with Crippen molar-refractivity contribution in [3.05, 3.63) is 70.2 Å². The van der Waals surface area contributed by atoms with Crippen molar-refractivity contribution in [2.45, 2.75) is 52.2 Å². The summed E-state index contributed by atoms with van der Waals surface area (Å²) in [5, 5.41) is 20.4. The van der Waals surface area contributed by atoms with E-state index < -0.39 is 17.7 Å². The number of benzene rings is 2. The lowest BCUT2D eigenvalue weighted by Crippen LogP contribution is -2.55. The molecule has 2 aromatic rings. The quantitative estimate of drug-likeness (QED) is 0.530. The number of halogens is 1. The minimum Gasteiger partial charge on any atom is -0.465 e. The van der Waals surface area contributed by atoms with E-state index in [1.165, 1.54) is 4.90 Å². The summed E-state index contributed by atoms with van der Waals surface area (Å²) in [5.41, 5.74) is 0.777. The summed E-state index contributed by atoms with van der Waals surface area (Å²) in [6, 6.07) is 17.3. The molecule has 2 rings (SSSR count). The fourth-order valence-corrected chi connectivity index (χ4v) is 3.83. The van der Waals surface area contributed by atoms with Crippen LogP contribution in [0.2, 0.25) is 0 Å². The van der Waals surface area contributed by atoms with E-state index >= 15 is 0 Å². The first-order valence-corrected chi connectivity index (χ1v) is 10.4. The summed E-state index contributed by atoms with van der Waals surface area (Å²) in [5.74, 6) is 0. The summed E-state index contributed by atoms with van der Waals surface area (Å²) in [4.78, 5) is 13.8. The predicted octanol–water partition coefficient (Wildman–Crippen LogP) is 6.20. The van der Waals surface area contributed by atoms with Crippen LogP contribution in [0.5, 0.6) is 0 Å². The molecule has 152 valence electrons. The highest BCUT2D eigenvalue weighted by molar-refractivity contribution is 9.10. The van der Waals surface area contributed by atoms with Gasteiger partial charge in [-0.05, 0) is 48.4 Å². The molecule has 0 aromatic heterocycles. The molecular formula is C23H30BrNO3. The van der Waals surface area contributed by atoms with E-state index in [1.54, 1.807) is 0 Å². The van der Waals surface area contributed by atoms with Crippen molar-refractivity contribution in [3.63, 3.8) is 0 Å². The second-order valence-electron chi connectivity index (χ2n) is 8.33. The summed E-state index contributed by atoms with van der Waals surface area (Å²) >= 11 is 3.45. The monoisotopic (exact) mass is 447 g/mol. The number of hydrogen-bond donors (Lipinski definition) is 2. The van der Waals surface area contributed by atoms with Crippen molar-refractivity contribution < 1.29 is 15.0 Å². The van der Waals surface area contributed by atoms with Gasteiger partial charge in [-0.15, -0.1) is 0 Å². The number of nitrogens with zero attached hydrogens (tertiary/aromatic N) is 1. The SMILES string of the molecule is CC(C)(C)C(C)(c1ccc(Br)cc1)N(CCCC(O)c1ccccc1)C(=O)O. The largest absolute Gasteiger partial charge is 0.465 e. The third kappa shape index (κ3) is 4.95. The van der Waals surface area contributed by atoms with E-state index in [0.717, 1.165) is 15.6 Å². The number of hydrogen-bond acceptors (Lipinski definition) is 2. The Balaban J connectivity index is 2.23. The lowest BCUT2D eigenvalue weighted by atomic mass is 9.69. The summed E-state index contributed by atoms with van der Waals surface area (Å²) in [6.45, 7) is 8.51. The predicted molar refractivity (Wildman–Crippen MR) is 116 cm³/mol. The minimum atomic E-state index is -0.949. The van der Waals surface area contributed by atoms with Crippen LogP contribution in [0.3, 0.4) is 0 Å². The van der Waals surface area contributed by atoms with Gasteiger partial charge >= 0.3 is 6.09 Å². The maximum atomic E-state index is 12.2. The van der Waals surface area contributed by atoms with Gasteiger partial charge in [0.15, 0.2) is 0 Å². The Morgan fingerprint density at radius 3 is 2.11 bits per heavy atom. The van der Waals surface area contributed by atoms with E-state index in [9.17, 15) is 15.0 Å². The molecule has 0 aliphatic rings. The highest BCUT2D eigenvalue weighted by atomic mass is 79.9. The van der Waals surface area contributed by atoms with Crippen molar-refractivity contribution in [3.8, 4) is 0 Å². The summed E-state index contributed by atoms with van der Waals surface area (Å²) in [6.07, 6.45) is -0.459. The molecular weight excluding hydrogens is 418 g/mol. The third-order valence-corrected chi connectivity index (χ3v) is 6.21. The fraction of sp³-hybridized carbons (Fsp3) is 0.435. The third-order valence-electron chi connectivity index (χ3n) is 5.68. The lowest BCUT2D eigenvalue weighted by molar-refractivity contribution is 0.00785. The summed E-state index contributed by atoms with van der Waals surface area (Å²) in [7, 11) is 0. The van der Waals surface area contributed by atoms with Gasteiger partial charge in [-0.1, -0.05) is 79.2 Å². The first-order valence-electron chi connectivity index (χ1n) is 9.57. The molecule has 0 aliphatic carbocycles. The van der Waals surface area contributed by atoms with E-state index in [0.29, 0.717) is 19.4 Å². The lowest BCUT2D eigenvalue weighted by Gasteiger charge is -2.49. The maximum absolute atomic E-state index is 12.2. The Morgan fingerprint density at radius 1 is 1.04 bits per heavy atom. The number of amides is 1. The van der Waals surface area contributed by atoms with E-state index in [4.69, 9.17) is 0 Å². The zero-order chi connectivity index (χ0) is 20.9. The van der Waals surface area contributed by atoms with Gasteiger partial charge in [0, 0.05) is 11.0 Å². The Hall–Kier alpha value is -1.85. The molecule has 2 unspecified atom stereocenters. The van der Waals surface area contributed by atoms with Gasteiger partial charge in [-0.25, -0.2) is 4.79 Å². The molecule has 2 atom stereocenters. The topological polar surface area (TPSA) is 60.8 Å². The highest BCUT2D eigenvalue weighted by Crippen LogP contribution is 2.44. The van der Waals surface area contributed by atoms with Crippen molar-refractivity contribution in [2.75, 3.05) is 6.54 Å². The molecule has 1 amide bonds. The van der Waals surface area contributed by atoms with Crippen LogP contribution in [0.1, 0.15) is 57.8 Å². The number of carbonyl (C=O) groups is 1. The number of rotatable bonds is 7. The smallest absolute Gasteiger partial charge is 0.408 e. The van der Waals surface area contributed by atoms with Crippen LogP contribution in [0, 0.1) is 5.41 Å². The van der Waals surface area contributed by atoms with E-state index in [-0.39, 0.29) is 5.41 Å². The van der Waals surface area contributed by atoms with Gasteiger partial charge < -0.3 is 10.2 Å². The van der Waals surface area contributed by atoms with E-state index in [2.05, 4.69) is 36.7 Å². The minimum absolute atomic E-state index is 0.322. The number of carboxylic acid groups (broad SMARTS) is 1. The van der Waals surface area contributed by atoms with Crippen molar-refractivity contribution >= 4 is 22.0 Å². The van der Waals surface area contributed by atoms with Gasteiger partial charge in [0.2, 0.25) is 0 Å². The van der Waals surface area contributed by atoms with Crippen LogP contribution >= 0.6 is 15.9 Å². The normalized spacial score (nSPS) is 14.9. The van der Waals surface area contributed by atoms with Crippen LogP contribution in [-0.2, 0) is 5.54 Å². The molecule has 28 heavy (non-hydrogen) atoms. The van der Waals surface area contributed by atoms with Crippen LogP contribution < -0.4 is 0 Å². The molecule has 0 radical (unpaired) electrons. The molecule has 2 aromatic carbocycles. The molecule has 0 saturated carbocycles. The average Bonchev–Trinajstić information content (AvgIpc) is 2.64. The van der Waals surface area contributed by atoms with Crippen LogP contribution in [0.15, 0.2) is 59.1 Å². The van der Waals surface area contributed by atoms with Gasteiger partial charge in [0.25, 0.3) is 0 Å². The second kappa shape index (κ2) is 9.10. The number of aliphatic hydroxyl groups excluding tert-OH is 1. The molecule has 0 heterocycles. The Bertz CT molecular complexity index is 771.